The molecule has 0 saturated heterocycles. The Hall–Kier alpha value is -1.59. The maximum Gasteiger partial charge on any atom is 0.378 e. The topological polar surface area (TPSA) is 63.6 Å². The van der Waals surface area contributed by atoms with Crippen LogP contribution in [-0.2, 0) is 16.0 Å². The molecule has 128 valence electrons. The number of alkyl halides is 1. The number of hydrogen-bond acceptors (Lipinski definition) is 3. The normalized spacial score (nSPS) is 23.3. The van der Waals surface area contributed by atoms with Gasteiger partial charge in [0.1, 0.15) is 10.8 Å². The minimum absolute atomic E-state index is 0.0455. The summed E-state index contributed by atoms with van der Waals surface area (Å²) in [5.74, 6) is -1.80. The molecule has 1 aromatic rings. The molecule has 2 unspecified atom stereocenters. The van der Waals surface area contributed by atoms with Gasteiger partial charge < -0.3 is 9.84 Å². The van der Waals surface area contributed by atoms with Gasteiger partial charge in [-0.25, -0.2) is 4.79 Å². The quantitative estimate of drug-likeness (QED) is 0.847. The first-order valence-corrected chi connectivity index (χ1v) is 8.34. The third-order valence-electron chi connectivity index (χ3n) is 4.88. The Kier molecular flexibility index (Phi) is 4.34. The van der Waals surface area contributed by atoms with E-state index < -0.39 is 12.3 Å². The highest BCUT2D eigenvalue weighted by Crippen LogP contribution is 2.57. The highest BCUT2D eigenvalue weighted by Gasteiger charge is 2.44. The van der Waals surface area contributed by atoms with Crippen LogP contribution in [0.3, 0.4) is 0 Å². The molecule has 0 bridgehead atoms. The molecule has 0 spiro atoms. The fraction of sp³-hybridized carbons (Fsp3) is 0.412. The first kappa shape index (κ1) is 17.2. The third kappa shape index (κ3) is 2.60. The average molecular weight is 373 g/mol. The number of hydrogen-bond donors (Lipinski definition) is 1. The van der Waals surface area contributed by atoms with Crippen molar-refractivity contribution >= 4 is 40.5 Å². The SMILES string of the molecule is CCC12CCC(=O)C=C1c1c(cc(OC(F)C(=O)O)c(Cl)c1Cl)C2. The molecule has 7 heteroatoms. The van der Waals surface area contributed by atoms with Gasteiger partial charge in [-0.15, -0.1) is 0 Å². The van der Waals surface area contributed by atoms with Gasteiger partial charge in [-0.05, 0) is 42.5 Å². The molecule has 2 aliphatic carbocycles. The van der Waals surface area contributed by atoms with Crippen LogP contribution in [0.25, 0.3) is 5.57 Å². The van der Waals surface area contributed by atoms with E-state index >= 15 is 0 Å². The predicted molar refractivity (Wildman–Crippen MR) is 88.3 cm³/mol. The number of halogens is 3. The van der Waals surface area contributed by atoms with Gasteiger partial charge in [-0.2, -0.15) is 4.39 Å². The predicted octanol–water partition coefficient (Wildman–Crippen LogP) is 4.45. The van der Waals surface area contributed by atoms with E-state index in [-0.39, 0.29) is 27.0 Å². The molecule has 0 amide bonds. The van der Waals surface area contributed by atoms with Crippen molar-refractivity contribution in [3.63, 3.8) is 0 Å². The Morgan fingerprint density at radius 2 is 2.17 bits per heavy atom. The maximum atomic E-state index is 13.4. The van der Waals surface area contributed by atoms with Crippen LogP contribution < -0.4 is 4.74 Å². The monoisotopic (exact) mass is 372 g/mol. The van der Waals surface area contributed by atoms with Crippen LogP contribution in [0.4, 0.5) is 4.39 Å². The van der Waals surface area contributed by atoms with Gasteiger partial charge in [0.05, 0.1) is 5.02 Å². The lowest BCUT2D eigenvalue weighted by molar-refractivity contribution is -0.153. The molecule has 4 nitrogen and oxygen atoms in total. The molecule has 0 heterocycles. The van der Waals surface area contributed by atoms with Crippen LogP contribution in [0.1, 0.15) is 37.3 Å². The second kappa shape index (κ2) is 6.05. The first-order chi connectivity index (χ1) is 11.3. The molecule has 0 aromatic heterocycles. The van der Waals surface area contributed by atoms with Crippen LogP contribution in [0.2, 0.25) is 10.0 Å². The van der Waals surface area contributed by atoms with Crippen LogP contribution >= 0.6 is 23.2 Å². The summed E-state index contributed by atoms with van der Waals surface area (Å²) >= 11 is 12.5. The Morgan fingerprint density at radius 3 is 2.79 bits per heavy atom. The van der Waals surface area contributed by atoms with E-state index in [0.717, 1.165) is 17.6 Å². The first-order valence-electron chi connectivity index (χ1n) is 7.59. The summed E-state index contributed by atoms with van der Waals surface area (Å²) in [5, 5.41) is 8.77. The second-order valence-electron chi connectivity index (χ2n) is 6.14. The van der Waals surface area contributed by atoms with E-state index in [1.807, 2.05) is 6.92 Å². The summed E-state index contributed by atoms with van der Waals surface area (Å²) < 4.78 is 18.2. The molecule has 1 aromatic carbocycles. The number of carboxylic acid groups (broad SMARTS) is 1. The van der Waals surface area contributed by atoms with Gasteiger partial charge >= 0.3 is 12.3 Å². The van der Waals surface area contributed by atoms with Gasteiger partial charge in [-0.1, -0.05) is 30.1 Å². The van der Waals surface area contributed by atoms with Crippen LogP contribution in [0.5, 0.6) is 5.75 Å². The molecule has 0 aliphatic heterocycles. The summed E-state index contributed by atoms with van der Waals surface area (Å²) in [6.45, 7) is 2.05. The molecule has 24 heavy (non-hydrogen) atoms. The zero-order valence-corrected chi connectivity index (χ0v) is 14.4. The zero-order chi connectivity index (χ0) is 17.6. The molecule has 0 saturated carbocycles. The summed E-state index contributed by atoms with van der Waals surface area (Å²) in [4.78, 5) is 22.5. The molecule has 0 fully saturated rings. The van der Waals surface area contributed by atoms with Gasteiger partial charge in [0.15, 0.2) is 5.78 Å². The number of aliphatic carboxylic acids is 1. The van der Waals surface area contributed by atoms with Gasteiger partial charge in [0.2, 0.25) is 0 Å². The van der Waals surface area contributed by atoms with Crippen LogP contribution in [0, 0.1) is 5.41 Å². The van der Waals surface area contributed by atoms with Gasteiger partial charge in [-0.3, -0.25) is 4.79 Å². The van der Waals surface area contributed by atoms with Crippen molar-refractivity contribution in [2.45, 2.75) is 39.0 Å². The average Bonchev–Trinajstić information content (AvgIpc) is 2.86. The number of fused-ring (bicyclic) bond motifs is 3. The van der Waals surface area contributed by atoms with Crippen molar-refractivity contribution in [3.8, 4) is 5.75 Å². The lowest BCUT2D eigenvalue weighted by atomic mass is 9.71. The van der Waals surface area contributed by atoms with Crippen molar-refractivity contribution in [1.82, 2.24) is 0 Å². The van der Waals surface area contributed by atoms with Gasteiger partial charge in [0.25, 0.3) is 0 Å². The number of carbonyl (C=O) groups is 2. The van der Waals surface area contributed by atoms with Crippen LogP contribution in [-0.4, -0.2) is 23.2 Å². The van der Waals surface area contributed by atoms with Crippen molar-refractivity contribution in [2.75, 3.05) is 0 Å². The molecule has 2 atom stereocenters. The van der Waals surface area contributed by atoms with Crippen molar-refractivity contribution in [1.29, 1.82) is 0 Å². The Balaban J connectivity index is 2.11. The number of carboxylic acids is 1. The molecule has 2 aliphatic rings. The molecular formula is C17H15Cl2FO4. The number of carbonyl (C=O) groups excluding carboxylic acids is 1. The summed E-state index contributed by atoms with van der Waals surface area (Å²) in [6.07, 6.45) is 1.75. The molecule has 1 N–H and O–H groups in total. The lowest BCUT2D eigenvalue weighted by Crippen LogP contribution is -2.24. The number of rotatable bonds is 4. The molecule has 3 rings (SSSR count). The summed E-state index contributed by atoms with van der Waals surface area (Å²) in [7, 11) is 0. The van der Waals surface area contributed by atoms with E-state index in [1.165, 1.54) is 6.07 Å². The van der Waals surface area contributed by atoms with Crippen molar-refractivity contribution in [2.24, 2.45) is 5.41 Å². The van der Waals surface area contributed by atoms with E-state index in [9.17, 15) is 14.0 Å². The van der Waals surface area contributed by atoms with Crippen LogP contribution in [0.15, 0.2) is 12.1 Å². The minimum Gasteiger partial charge on any atom is -0.476 e. The Bertz CT molecular complexity index is 774. The highest BCUT2D eigenvalue weighted by molar-refractivity contribution is 6.44. The second-order valence-corrected chi connectivity index (χ2v) is 6.90. The standard InChI is InChI=1S/C17H15Cl2FO4/c1-2-17-4-3-9(21)6-10(17)12-8(7-17)5-11(13(18)14(12)19)24-15(20)16(22)23/h5-6,15H,2-4,7H2,1H3,(H,22,23). The fourth-order valence-electron chi connectivity index (χ4n) is 3.59. The minimum atomic E-state index is -2.53. The van der Waals surface area contributed by atoms with E-state index in [1.54, 1.807) is 6.08 Å². The number of allylic oxidation sites excluding steroid dienone is 2. The smallest absolute Gasteiger partial charge is 0.378 e. The highest BCUT2D eigenvalue weighted by atomic mass is 35.5. The zero-order valence-electron chi connectivity index (χ0n) is 12.9. The fourth-order valence-corrected chi connectivity index (χ4v) is 4.10. The Morgan fingerprint density at radius 1 is 1.46 bits per heavy atom. The lowest BCUT2D eigenvalue weighted by Gasteiger charge is -2.32. The number of benzene rings is 1. The molecule has 0 radical (unpaired) electrons. The summed E-state index contributed by atoms with van der Waals surface area (Å²) in [6, 6.07) is 1.53. The Labute approximate surface area is 148 Å². The van der Waals surface area contributed by atoms with E-state index in [0.29, 0.717) is 24.8 Å². The molecular weight excluding hydrogens is 358 g/mol. The maximum absolute atomic E-state index is 13.4. The number of ketones is 1. The third-order valence-corrected chi connectivity index (χ3v) is 5.73. The largest absolute Gasteiger partial charge is 0.476 e. The van der Waals surface area contributed by atoms with Crippen molar-refractivity contribution in [3.05, 3.63) is 33.3 Å². The number of ether oxygens (including phenoxy) is 1. The van der Waals surface area contributed by atoms with E-state index in [4.69, 9.17) is 33.0 Å². The summed E-state index contributed by atoms with van der Waals surface area (Å²) in [5.41, 5.74) is 2.16. The van der Waals surface area contributed by atoms with E-state index in [2.05, 4.69) is 0 Å². The van der Waals surface area contributed by atoms with Crippen molar-refractivity contribution < 1.29 is 23.8 Å². The van der Waals surface area contributed by atoms with Gasteiger partial charge in [0, 0.05) is 17.4 Å².